The number of rotatable bonds is 4. The number of piperazine rings is 1. The first-order valence-corrected chi connectivity index (χ1v) is 7.66. The van der Waals surface area contributed by atoms with Crippen molar-refractivity contribution in [3.05, 3.63) is 35.1 Å². The summed E-state index contributed by atoms with van der Waals surface area (Å²) in [4.78, 5) is 2.49. The van der Waals surface area contributed by atoms with Gasteiger partial charge in [0, 0.05) is 31.2 Å². The molecule has 1 N–H and O–H groups in total. The molecule has 0 spiro atoms. The lowest BCUT2D eigenvalue weighted by Crippen LogP contribution is -2.61. The van der Waals surface area contributed by atoms with Gasteiger partial charge in [0.15, 0.2) is 0 Å². The van der Waals surface area contributed by atoms with Crippen LogP contribution in [0.3, 0.4) is 0 Å². The summed E-state index contributed by atoms with van der Waals surface area (Å²) in [5.41, 5.74) is 2.39. The molecule has 0 aliphatic carbocycles. The van der Waals surface area contributed by atoms with Crippen molar-refractivity contribution in [2.75, 3.05) is 13.1 Å². The monoisotopic (exact) mass is 278 g/mol. The lowest BCUT2D eigenvalue weighted by molar-refractivity contribution is 0.0561. The molecule has 1 aliphatic rings. The summed E-state index contributed by atoms with van der Waals surface area (Å²) in [6.07, 6.45) is 2.40. The number of hydrogen-bond acceptors (Lipinski definition) is 2. The van der Waals surface area contributed by atoms with Crippen molar-refractivity contribution >= 4 is 0 Å². The zero-order chi connectivity index (χ0) is 14.8. The zero-order valence-electron chi connectivity index (χ0n) is 13.2. The smallest absolute Gasteiger partial charge is 0.123 e. The Morgan fingerprint density at radius 3 is 2.85 bits per heavy atom. The average molecular weight is 278 g/mol. The van der Waals surface area contributed by atoms with Crippen molar-refractivity contribution in [1.82, 2.24) is 10.2 Å². The van der Waals surface area contributed by atoms with Gasteiger partial charge in [0.1, 0.15) is 5.82 Å². The summed E-state index contributed by atoms with van der Waals surface area (Å²) in [7, 11) is 0. The third kappa shape index (κ3) is 3.58. The second-order valence-electron chi connectivity index (χ2n) is 6.63. The Morgan fingerprint density at radius 2 is 2.15 bits per heavy atom. The molecule has 3 heteroatoms. The minimum absolute atomic E-state index is 0.114. The van der Waals surface area contributed by atoms with Gasteiger partial charge >= 0.3 is 0 Å². The van der Waals surface area contributed by atoms with E-state index in [1.165, 1.54) is 18.4 Å². The fourth-order valence-electron chi connectivity index (χ4n) is 2.92. The van der Waals surface area contributed by atoms with Crippen LogP contribution in [-0.4, -0.2) is 29.6 Å². The van der Waals surface area contributed by atoms with Gasteiger partial charge in [0.25, 0.3) is 0 Å². The number of aryl methyl sites for hydroxylation is 1. The maximum absolute atomic E-state index is 13.5. The van der Waals surface area contributed by atoms with Crippen molar-refractivity contribution in [1.29, 1.82) is 0 Å². The van der Waals surface area contributed by atoms with E-state index in [-0.39, 0.29) is 11.4 Å². The van der Waals surface area contributed by atoms with E-state index in [1.807, 2.05) is 6.07 Å². The van der Waals surface area contributed by atoms with Gasteiger partial charge in [-0.2, -0.15) is 0 Å². The predicted octanol–water partition coefficient (Wildman–Crippen LogP) is 3.49. The van der Waals surface area contributed by atoms with Crippen LogP contribution in [0, 0.1) is 12.7 Å². The third-order valence-corrected chi connectivity index (χ3v) is 4.43. The first-order chi connectivity index (χ1) is 9.42. The molecule has 1 aromatic carbocycles. The average Bonchev–Trinajstić information content (AvgIpc) is 2.38. The number of nitrogens with zero attached hydrogens (tertiary/aromatic N) is 1. The van der Waals surface area contributed by atoms with E-state index in [0.717, 1.165) is 25.2 Å². The van der Waals surface area contributed by atoms with Gasteiger partial charge in [-0.25, -0.2) is 4.39 Å². The molecule has 20 heavy (non-hydrogen) atoms. The number of benzene rings is 1. The van der Waals surface area contributed by atoms with Crippen molar-refractivity contribution in [3.8, 4) is 0 Å². The van der Waals surface area contributed by atoms with Crippen molar-refractivity contribution in [3.63, 3.8) is 0 Å². The highest BCUT2D eigenvalue weighted by atomic mass is 19.1. The van der Waals surface area contributed by atoms with E-state index in [2.05, 4.69) is 37.9 Å². The molecule has 2 nitrogen and oxygen atoms in total. The molecule has 1 atom stereocenters. The molecule has 0 saturated carbocycles. The standard InChI is InChI=1S/C17H27FN2/c1-5-6-16-11-20(17(3,4)12-19-16)10-14-9-15(18)8-7-13(14)2/h7-9,16,19H,5-6,10-12H2,1-4H3. The summed E-state index contributed by atoms with van der Waals surface area (Å²) in [6, 6.07) is 5.66. The number of hydrogen-bond donors (Lipinski definition) is 1. The molecule has 2 rings (SSSR count). The Bertz CT molecular complexity index is 456. The van der Waals surface area contributed by atoms with Gasteiger partial charge in [0.2, 0.25) is 0 Å². The van der Waals surface area contributed by atoms with Gasteiger partial charge in [-0.05, 0) is 50.5 Å². The minimum Gasteiger partial charge on any atom is -0.311 e. The van der Waals surface area contributed by atoms with Gasteiger partial charge in [-0.15, -0.1) is 0 Å². The Labute approximate surface area is 122 Å². The van der Waals surface area contributed by atoms with E-state index < -0.39 is 0 Å². The summed E-state index contributed by atoms with van der Waals surface area (Å²) in [5, 5.41) is 3.64. The van der Waals surface area contributed by atoms with Gasteiger partial charge in [-0.3, -0.25) is 4.90 Å². The van der Waals surface area contributed by atoms with Gasteiger partial charge in [-0.1, -0.05) is 19.4 Å². The van der Waals surface area contributed by atoms with Crippen LogP contribution in [0.4, 0.5) is 4.39 Å². The van der Waals surface area contributed by atoms with Gasteiger partial charge < -0.3 is 5.32 Å². The van der Waals surface area contributed by atoms with Crippen LogP contribution >= 0.6 is 0 Å². The first-order valence-electron chi connectivity index (χ1n) is 7.66. The Balaban J connectivity index is 2.13. The molecule has 0 aromatic heterocycles. The summed E-state index contributed by atoms with van der Waals surface area (Å²) < 4.78 is 13.5. The molecule has 0 radical (unpaired) electrons. The third-order valence-electron chi connectivity index (χ3n) is 4.43. The lowest BCUT2D eigenvalue weighted by atomic mass is 9.94. The molecule has 1 fully saturated rings. The molecule has 1 aliphatic heterocycles. The van der Waals surface area contributed by atoms with E-state index >= 15 is 0 Å². The number of nitrogens with one attached hydrogen (secondary N) is 1. The highest BCUT2D eigenvalue weighted by molar-refractivity contribution is 5.26. The summed E-state index contributed by atoms with van der Waals surface area (Å²) in [6.45, 7) is 11.7. The van der Waals surface area contributed by atoms with Crippen molar-refractivity contribution < 1.29 is 4.39 Å². The van der Waals surface area contributed by atoms with Crippen LogP contribution in [0.15, 0.2) is 18.2 Å². The highest BCUT2D eigenvalue weighted by Gasteiger charge is 2.33. The van der Waals surface area contributed by atoms with Crippen molar-refractivity contribution in [2.45, 2.75) is 58.7 Å². The highest BCUT2D eigenvalue weighted by Crippen LogP contribution is 2.24. The van der Waals surface area contributed by atoms with Crippen LogP contribution in [0.1, 0.15) is 44.7 Å². The maximum atomic E-state index is 13.5. The lowest BCUT2D eigenvalue weighted by Gasteiger charge is -2.46. The first kappa shape index (κ1) is 15.5. The Kier molecular flexibility index (Phi) is 4.82. The molecule has 0 bridgehead atoms. The molecular weight excluding hydrogens is 251 g/mol. The van der Waals surface area contributed by atoms with Crippen LogP contribution < -0.4 is 5.32 Å². The second-order valence-corrected chi connectivity index (χ2v) is 6.63. The molecule has 0 amide bonds. The number of halogens is 1. The van der Waals surface area contributed by atoms with Crippen LogP contribution in [0.25, 0.3) is 0 Å². The van der Waals surface area contributed by atoms with Crippen LogP contribution in [-0.2, 0) is 6.54 Å². The molecule has 112 valence electrons. The van der Waals surface area contributed by atoms with E-state index in [9.17, 15) is 4.39 Å². The fraction of sp³-hybridized carbons (Fsp3) is 0.647. The van der Waals surface area contributed by atoms with Crippen LogP contribution in [0.2, 0.25) is 0 Å². The molecule has 1 saturated heterocycles. The maximum Gasteiger partial charge on any atom is 0.123 e. The minimum atomic E-state index is -0.136. The zero-order valence-corrected chi connectivity index (χ0v) is 13.2. The molecule has 1 aromatic rings. The molecular formula is C17H27FN2. The predicted molar refractivity (Wildman–Crippen MR) is 82.3 cm³/mol. The quantitative estimate of drug-likeness (QED) is 0.907. The second kappa shape index (κ2) is 6.23. The van der Waals surface area contributed by atoms with Gasteiger partial charge in [0.05, 0.1) is 0 Å². The van der Waals surface area contributed by atoms with Crippen molar-refractivity contribution in [2.24, 2.45) is 0 Å². The SMILES string of the molecule is CCCC1CN(Cc2cc(F)ccc2C)C(C)(C)CN1. The summed E-state index contributed by atoms with van der Waals surface area (Å²) >= 11 is 0. The topological polar surface area (TPSA) is 15.3 Å². The normalized spacial score (nSPS) is 22.9. The van der Waals surface area contributed by atoms with E-state index in [0.29, 0.717) is 6.04 Å². The fourth-order valence-corrected chi connectivity index (χ4v) is 2.92. The van der Waals surface area contributed by atoms with Crippen LogP contribution in [0.5, 0.6) is 0 Å². The largest absolute Gasteiger partial charge is 0.311 e. The van der Waals surface area contributed by atoms with E-state index in [4.69, 9.17) is 0 Å². The Morgan fingerprint density at radius 1 is 1.40 bits per heavy atom. The molecule has 1 unspecified atom stereocenters. The van der Waals surface area contributed by atoms with E-state index in [1.54, 1.807) is 12.1 Å². The molecule has 1 heterocycles. The summed E-state index contributed by atoms with van der Waals surface area (Å²) in [5.74, 6) is -0.136. The Hall–Kier alpha value is -0.930.